The van der Waals surface area contributed by atoms with Crippen LogP contribution in [0.25, 0.3) is 0 Å². The minimum Gasteiger partial charge on any atom is -0.485 e. The fraction of sp³-hybridized carbons (Fsp3) is 0.381. The van der Waals surface area contributed by atoms with Gasteiger partial charge in [-0.1, -0.05) is 18.2 Å². The lowest BCUT2D eigenvalue weighted by Crippen LogP contribution is -2.54. The van der Waals surface area contributed by atoms with Crippen LogP contribution in [0.4, 0.5) is 5.82 Å². The summed E-state index contributed by atoms with van der Waals surface area (Å²) < 4.78 is 6.48. The molecule has 0 atom stereocenters. The Balaban J connectivity index is 1.65. The molecule has 2 aliphatic heterocycles. The second-order valence-corrected chi connectivity index (χ2v) is 7.53. The largest absolute Gasteiger partial charge is 0.485 e. The van der Waals surface area contributed by atoms with Crippen LogP contribution in [0.5, 0.6) is 5.75 Å². The number of aromatic nitrogens is 1. The second kappa shape index (κ2) is 7.14. The third-order valence-corrected chi connectivity index (χ3v) is 5.58. The Kier molecular flexibility index (Phi) is 4.66. The summed E-state index contributed by atoms with van der Waals surface area (Å²) in [5.74, 6) is 1.17. The number of carbonyl (C=O) groups is 2. The summed E-state index contributed by atoms with van der Waals surface area (Å²) >= 11 is 0. The predicted octanol–water partition coefficient (Wildman–Crippen LogP) is 2.08. The van der Waals surface area contributed by atoms with Crippen molar-refractivity contribution in [3.8, 4) is 5.75 Å². The lowest BCUT2D eigenvalue weighted by Gasteiger charge is -2.42. The van der Waals surface area contributed by atoms with Crippen LogP contribution in [0.1, 0.15) is 35.7 Å². The smallest absolute Gasteiger partial charge is 0.255 e. The van der Waals surface area contributed by atoms with E-state index in [1.165, 1.54) is 6.20 Å². The first-order chi connectivity index (χ1) is 13.5. The zero-order valence-electron chi connectivity index (χ0n) is 15.9. The molecule has 1 fully saturated rings. The molecular formula is C21H24N4O3. The van der Waals surface area contributed by atoms with Crippen LogP contribution in [-0.4, -0.2) is 51.8 Å². The van der Waals surface area contributed by atoms with Crippen LogP contribution in [0.15, 0.2) is 42.6 Å². The van der Waals surface area contributed by atoms with Gasteiger partial charge in [0, 0.05) is 51.2 Å². The first kappa shape index (κ1) is 18.3. The maximum Gasteiger partial charge on any atom is 0.255 e. The van der Waals surface area contributed by atoms with Gasteiger partial charge >= 0.3 is 0 Å². The van der Waals surface area contributed by atoms with Crippen LogP contribution in [0, 0.1) is 0 Å². The molecule has 7 heteroatoms. The highest BCUT2D eigenvalue weighted by molar-refractivity contribution is 5.94. The van der Waals surface area contributed by atoms with E-state index >= 15 is 0 Å². The lowest BCUT2D eigenvalue weighted by atomic mass is 9.90. The van der Waals surface area contributed by atoms with Crippen molar-refractivity contribution in [1.29, 1.82) is 0 Å². The molecule has 0 bridgehead atoms. The number of fused-ring (bicyclic) bond motifs is 1. The molecule has 1 aromatic heterocycles. The van der Waals surface area contributed by atoms with Crippen LogP contribution in [0.2, 0.25) is 0 Å². The number of carbonyl (C=O) groups excluding carboxylic acids is 2. The Hall–Kier alpha value is -3.09. The van der Waals surface area contributed by atoms with Gasteiger partial charge in [0.1, 0.15) is 17.2 Å². The van der Waals surface area contributed by atoms with Crippen molar-refractivity contribution in [3.63, 3.8) is 0 Å². The molecule has 28 heavy (non-hydrogen) atoms. The summed E-state index contributed by atoms with van der Waals surface area (Å²) in [6.07, 6.45) is 2.88. The van der Waals surface area contributed by atoms with Crippen molar-refractivity contribution >= 4 is 17.6 Å². The number of benzene rings is 1. The molecule has 2 aromatic rings. The molecule has 2 amide bonds. The Labute approximate surface area is 164 Å². The zero-order chi connectivity index (χ0) is 19.7. The SMILES string of the molecule is CC(=O)N1CCC2(CC1)CN(C(=O)c1ccc(N)nc1)Cc1ccccc1O2. The van der Waals surface area contributed by atoms with Crippen molar-refractivity contribution in [1.82, 2.24) is 14.8 Å². The Bertz CT molecular complexity index is 889. The van der Waals surface area contributed by atoms with Crippen LogP contribution < -0.4 is 10.5 Å². The predicted molar refractivity (Wildman–Crippen MR) is 105 cm³/mol. The van der Waals surface area contributed by atoms with Crippen LogP contribution in [0.3, 0.4) is 0 Å². The number of ether oxygens (including phenoxy) is 1. The summed E-state index contributed by atoms with van der Waals surface area (Å²) in [5, 5.41) is 0. The summed E-state index contributed by atoms with van der Waals surface area (Å²) in [6.45, 7) is 3.78. The van der Waals surface area contributed by atoms with E-state index in [4.69, 9.17) is 10.5 Å². The number of hydrogen-bond acceptors (Lipinski definition) is 5. The number of pyridine rings is 1. The highest BCUT2D eigenvalue weighted by Gasteiger charge is 2.42. The first-order valence-corrected chi connectivity index (χ1v) is 9.49. The van der Waals surface area contributed by atoms with Crippen LogP contribution >= 0.6 is 0 Å². The second-order valence-electron chi connectivity index (χ2n) is 7.53. The number of rotatable bonds is 1. The van der Waals surface area contributed by atoms with Gasteiger partial charge in [-0.25, -0.2) is 4.98 Å². The summed E-state index contributed by atoms with van der Waals surface area (Å²) in [5.41, 5.74) is 6.63. The molecule has 7 nitrogen and oxygen atoms in total. The minimum atomic E-state index is -0.505. The standard InChI is InChI=1S/C21H24N4O3/c1-15(26)24-10-8-21(9-11-24)14-25(13-17-4-2-3-5-18(17)28-21)20(27)16-6-7-19(22)23-12-16/h2-7,12H,8-11,13-14H2,1H3,(H2,22,23). The molecule has 1 aromatic carbocycles. The molecule has 2 N–H and O–H groups in total. The van der Waals surface area contributed by atoms with Gasteiger partial charge in [0.15, 0.2) is 0 Å². The van der Waals surface area contributed by atoms with E-state index < -0.39 is 5.60 Å². The average molecular weight is 380 g/mol. The zero-order valence-corrected chi connectivity index (χ0v) is 15.9. The number of para-hydroxylation sites is 1. The van der Waals surface area contributed by atoms with Crippen LogP contribution in [-0.2, 0) is 11.3 Å². The molecule has 0 radical (unpaired) electrons. The van der Waals surface area contributed by atoms with E-state index in [1.54, 1.807) is 19.1 Å². The molecule has 1 saturated heterocycles. The lowest BCUT2D eigenvalue weighted by molar-refractivity contribution is -0.132. The molecule has 1 spiro atoms. The quantitative estimate of drug-likeness (QED) is 0.818. The maximum atomic E-state index is 13.2. The number of anilines is 1. The highest BCUT2D eigenvalue weighted by atomic mass is 16.5. The normalized spacial score (nSPS) is 18.2. The van der Waals surface area contributed by atoms with Gasteiger partial charge in [-0.15, -0.1) is 0 Å². The van der Waals surface area contributed by atoms with Gasteiger partial charge in [-0.2, -0.15) is 0 Å². The molecule has 4 rings (SSSR count). The van der Waals surface area contributed by atoms with E-state index in [-0.39, 0.29) is 11.8 Å². The monoisotopic (exact) mass is 380 g/mol. The van der Waals surface area contributed by atoms with Gasteiger partial charge in [-0.05, 0) is 18.2 Å². The number of nitrogen functional groups attached to an aromatic ring is 1. The van der Waals surface area contributed by atoms with Gasteiger partial charge in [0.05, 0.1) is 12.1 Å². The molecule has 3 heterocycles. The molecule has 0 aliphatic carbocycles. The fourth-order valence-electron chi connectivity index (χ4n) is 3.96. The molecule has 0 saturated carbocycles. The third-order valence-electron chi connectivity index (χ3n) is 5.58. The number of nitrogens with two attached hydrogens (primary N) is 1. The molecular weight excluding hydrogens is 356 g/mol. The molecule has 2 aliphatic rings. The van der Waals surface area contributed by atoms with E-state index in [1.807, 2.05) is 34.1 Å². The van der Waals surface area contributed by atoms with Crippen molar-refractivity contribution < 1.29 is 14.3 Å². The summed E-state index contributed by atoms with van der Waals surface area (Å²) in [4.78, 5) is 32.6. The topological polar surface area (TPSA) is 88.8 Å². The van der Waals surface area contributed by atoms with E-state index in [9.17, 15) is 9.59 Å². The first-order valence-electron chi connectivity index (χ1n) is 9.49. The minimum absolute atomic E-state index is 0.0738. The van der Waals surface area contributed by atoms with Crippen molar-refractivity contribution in [3.05, 3.63) is 53.7 Å². The Morgan fingerprint density at radius 3 is 2.54 bits per heavy atom. The van der Waals surface area contributed by atoms with E-state index in [0.717, 1.165) is 11.3 Å². The highest BCUT2D eigenvalue weighted by Crippen LogP contribution is 2.36. The molecule has 0 unspecified atom stereocenters. The number of hydrogen-bond donors (Lipinski definition) is 1. The Morgan fingerprint density at radius 2 is 1.86 bits per heavy atom. The van der Waals surface area contributed by atoms with Crippen molar-refractivity contribution in [2.75, 3.05) is 25.4 Å². The number of amides is 2. The molecule has 146 valence electrons. The van der Waals surface area contributed by atoms with E-state index in [2.05, 4.69) is 4.98 Å². The maximum absolute atomic E-state index is 13.2. The van der Waals surface area contributed by atoms with Gasteiger partial charge in [0.25, 0.3) is 5.91 Å². The van der Waals surface area contributed by atoms with Crippen molar-refractivity contribution in [2.45, 2.75) is 31.9 Å². The summed E-state index contributed by atoms with van der Waals surface area (Å²) in [7, 11) is 0. The summed E-state index contributed by atoms with van der Waals surface area (Å²) in [6, 6.07) is 11.2. The van der Waals surface area contributed by atoms with Gasteiger partial charge < -0.3 is 20.3 Å². The number of nitrogens with zero attached hydrogens (tertiary/aromatic N) is 3. The van der Waals surface area contributed by atoms with E-state index in [0.29, 0.717) is 50.4 Å². The van der Waals surface area contributed by atoms with Gasteiger partial charge in [-0.3, -0.25) is 9.59 Å². The number of likely N-dealkylation sites (tertiary alicyclic amines) is 1. The average Bonchev–Trinajstić information content (AvgIpc) is 2.85. The van der Waals surface area contributed by atoms with Gasteiger partial charge in [0.2, 0.25) is 5.91 Å². The Morgan fingerprint density at radius 1 is 1.11 bits per heavy atom. The van der Waals surface area contributed by atoms with Crippen molar-refractivity contribution in [2.24, 2.45) is 0 Å². The third kappa shape index (κ3) is 3.52. The fourth-order valence-corrected chi connectivity index (χ4v) is 3.96. The number of piperidine rings is 1.